The van der Waals surface area contributed by atoms with Gasteiger partial charge in [-0.3, -0.25) is 4.79 Å². The summed E-state index contributed by atoms with van der Waals surface area (Å²) in [6.45, 7) is 4.64. The van der Waals surface area contributed by atoms with Crippen LogP contribution >= 0.6 is 0 Å². The maximum absolute atomic E-state index is 12.7. The first-order valence-electron chi connectivity index (χ1n) is 8.51. The topological polar surface area (TPSA) is 69.0 Å². The second-order valence-corrected chi connectivity index (χ2v) is 6.30. The molecule has 1 heterocycles. The van der Waals surface area contributed by atoms with E-state index in [9.17, 15) is 4.79 Å². The van der Waals surface area contributed by atoms with Crippen LogP contribution in [0.4, 0.5) is 5.69 Å². The number of methoxy groups -OCH3 is 1. The predicted octanol–water partition coefficient (Wildman–Crippen LogP) is 3.71. The number of anilines is 1. The second kappa shape index (κ2) is 7.82. The average molecular weight is 350 g/mol. The summed E-state index contributed by atoms with van der Waals surface area (Å²) in [6, 6.07) is 17.2. The first-order valence-corrected chi connectivity index (χ1v) is 8.51. The van der Waals surface area contributed by atoms with Crippen molar-refractivity contribution in [1.29, 1.82) is 0 Å². The minimum absolute atomic E-state index is 0.116. The molecule has 134 valence electrons. The number of aromatic nitrogens is 3. The Balaban J connectivity index is 1.83. The van der Waals surface area contributed by atoms with Gasteiger partial charge in [-0.2, -0.15) is 0 Å². The predicted molar refractivity (Wildman–Crippen MR) is 101 cm³/mol. The van der Waals surface area contributed by atoms with Gasteiger partial charge in [0.2, 0.25) is 0 Å². The molecule has 0 bridgehead atoms. The van der Waals surface area contributed by atoms with Crippen molar-refractivity contribution >= 4 is 11.6 Å². The highest BCUT2D eigenvalue weighted by molar-refractivity contribution is 6.03. The van der Waals surface area contributed by atoms with E-state index in [0.29, 0.717) is 17.9 Å². The highest BCUT2D eigenvalue weighted by atomic mass is 16.5. The third kappa shape index (κ3) is 3.91. The zero-order chi connectivity index (χ0) is 18.5. The third-order valence-electron chi connectivity index (χ3n) is 4.06. The summed E-state index contributed by atoms with van der Waals surface area (Å²) >= 11 is 0. The molecule has 6 nitrogen and oxygen atoms in total. The van der Waals surface area contributed by atoms with Crippen molar-refractivity contribution in [2.24, 2.45) is 0 Å². The molecule has 0 saturated heterocycles. The van der Waals surface area contributed by atoms with Gasteiger partial charge in [-0.1, -0.05) is 49.4 Å². The molecule has 3 aromatic rings. The van der Waals surface area contributed by atoms with E-state index in [0.717, 1.165) is 17.0 Å². The first-order chi connectivity index (χ1) is 12.6. The molecule has 0 aliphatic carbocycles. The summed E-state index contributed by atoms with van der Waals surface area (Å²) in [4.78, 5) is 12.7. The highest BCUT2D eigenvalue weighted by Crippen LogP contribution is 2.21. The molecule has 0 spiro atoms. The van der Waals surface area contributed by atoms with Crippen molar-refractivity contribution in [3.63, 3.8) is 0 Å². The Bertz CT molecular complexity index is 871. The van der Waals surface area contributed by atoms with Gasteiger partial charge in [-0.15, -0.1) is 5.10 Å². The van der Waals surface area contributed by atoms with Gasteiger partial charge in [0.15, 0.2) is 5.69 Å². The number of hydrogen-bond acceptors (Lipinski definition) is 4. The quantitative estimate of drug-likeness (QED) is 0.736. The molecule has 1 amide bonds. The van der Waals surface area contributed by atoms with E-state index in [4.69, 9.17) is 4.74 Å². The molecule has 0 aliphatic heterocycles. The monoisotopic (exact) mass is 350 g/mol. The van der Waals surface area contributed by atoms with Gasteiger partial charge in [0.05, 0.1) is 19.3 Å². The minimum atomic E-state index is -0.266. The summed E-state index contributed by atoms with van der Waals surface area (Å²) < 4.78 is 6.93. The lowest BCUT2D eigenvalue weighted by atomic mass is 10.1. The van der Waals surface area contributed by atoms with Crippen molar-refractivity contribution in [2.75, 3.05) is 12.4 Å². The van der Waals surface area contributed by atoms with Crippen molar-refractivity contribution < 1.29 is 9.53 Å². The number of nitrogens with one attached hydrogen (secondary N) is 1. The van der Waals surface area contributed by atoms with E-state index in [-0.39, 0.29) is 11.8 Å². The molecule has 6 heteroatoms. The normalized spacial score (nSPS) is 10.8. The van der Waals surface area contributed by atoms with Gasteiger partial charge in [0, 0.05) is 5.69 Å². The molecular weight excluding hydrogens is 328 g/mol. The van der Waals surface area contributed by atoms with Crippen molar-refractivity contribution in [3.8, 4) is 5.75 Å². The van der Waals surface area contributed by atoms with E-state index in [1.54, 1.807) is 36.1 Å². The van der Waals surface area contributed by atoms with Gasteiger partial charge < -0.3 is 10.1 Å². The van der Waals surface area contributed by atoms with Gasteiger partial charge in [0.1, 0.15) is 5.75 Å². The van der Waals surface area contributed by atoms with E-state index in [1.165, 1.54) is 0 Å². The van der Waals surface area contributed by atoms with E-state index in [2.05, 4.69) is 15.6 Å². The fraction of sp³-hybridized carbons (Fsp3) is 0.250. The van der Waals surface area contributed by atoms with Gasteiger partial charge in [-0.05, 0) is 35.7 Å². The first kappa shape index (κ1) is 17.7. The lowest BCUT2D eigenvalue weighted by Crippen LogP contribution is -2.16. The molecule has 3 rings (SSSR count). The van der Waals surface area contributed by atoms with E-state index in [1.807, 2.05) is 44.2 Å². The maximum Gasteiger partial charge on any atom is 0.278 e. The standard InChI is InChI=1S/C20H22N4O2/c1-14(2)19-18(20(25)21-16-9-11-17(26-3)12-10-16)22-23-24(19)13-15-7-5-4-6-8-15/h4-12,14H,13H2,1-3H3,(H,21,25). The van der Waals surface area contributed by atoms with Gasteiger partial charge in [0.25, 0.3) is 5.91 Å². The van der Waals surface area contributed by atoms with Crippen LogP contribution in [-0.2, 0) is 6.54 Å². The zero-order valence-corrected chi connectivity index (χ0v) is 15.1. The molecule has 1 N–H and O–H groups in total. The minimum Gasteiger partial charge on any atom is -0.497 e. The van der Waals surface area contributed by atoms with Crippen LogP contribution < -0.4 is 10.1 Å². The molecule has 0 saturated carbocycles. The summed E-state index contributed by atoms with van der Waals surface area (Å²) in [6.07, 6.45) is 0. The molecule has 0 unspecified atom stereocenters. The smallest absolute Gasteiger partial charge is 0.278 e. The van der Waals surface area contributed by atoms with Crippen LogP contribution in [0.1, 0.15) is 41.5 Å². The van der Waals surface area contributed by atoms with Crippen LogP contribution in [0.3, 0.4) is 0 Å². The van der Waals surface area contributed by atoms with E-state index >= 15 is 0 Å². The van der Waals surface area contributed by atoms with Crippen LogP contribution in [0, 0.1) is 0 Å². The Morgan fingerprint density at radius 3 is 2.42 bits per heavy atom. The second-order valence-electron chi connectivity index (χ2n) is 6.30. The highest BCUT2D eigenvalue weighted by Gasteiger charge is 2.22. The van der Waals surface area contributed by atoms with Crippen LogP contribution in [0.15, 0.2) is 54.6 Å². The van der Waals surface area contributed by atoms with Crippen LogP contribution in [0.25, 0.3) is 0 Å². The lowest BCUT2D eigenvalue weighted by molar-refractivity contribution is 0.102. The largest absolute Gasteiger partial charge is 0.497 e. The third-order valence-corrected chi connectivity index (χ3v) is 4.06. The Morgan fingerprint density at radius 2 is 1.81 bits per heavy atom. The molecule has 0 fully saturated rings. The van der Waals surface area contributed by atoms with E-state index < -0.39 is 0 Å². The van der Waals surface area contributed by atoms with Crippen molar-refractivity contribution in [3.05, 3.63) is 71.5 Å². The maximum atomic E-state index is 12.7. The number of ether oxygens (including phenoxy) is 1. The number of amides is 1. The fourth-order valence-corrected chi connectivity index (χ4v) is 2.79. The molecule has 2 aromatic carbocycles. The Kier molecular flexibility index (Phi) is 5.31. The molecular formula is C20H22N4O2. The summed E-state index contributed by atoms with van der Waals surface area (Å²) in [5.74, 6) is 0.586. The molecule has 0 atom stereocenters. The Hall–Kier alpha value is -3.15. The number of hydrogen-bond donors (Lipinski definition) is 1. The molecule has 1 aromatic heterocycles. The lowest BCUT2D eigenvalue weighted by Gasteiger charge is -2.11. The number of benzene rings is 2. The average Bonchev–Trinajstić information content (AvgIpc) is 3.07. The zero-order valence-electron chi connectivity index (χ0n) is 15.1. The number of rotatable bonds is 6. The number of carbonyl (C=O) groups is 1. The SMILES string of the molecule is COc1ccc(NC(=O)c2nnn(Cc3ccccc3)c2C(C)C)cc1. The summed E-state index contributed by atoms with van der Waals surface area (Å²) in [5.41, 5.74) is 2.97. The molecule has 26 heavy (non-hydrogen) atoms. The molecule has 0 aliphatic rings. The number of nitrogens with zero attached hydrogens (tertiary/aromatic N) is 3. The van der Waals surface area contributed by atoms with Crippen LogP contribution in [0.2, 0.25) is 0 Å². The number of carbonyl (C=O) groups excluding carboxylic acids is 1. The van der Waals surface area contributed by atoms with Crippen LogP contribution in [-0.4, -0.2) is 28.0 Å². The van der Waals surface area contributed by atoms with Crippen molar-refractivity contribution in [1.82, 2.24) is 15.0 Å². The Labute approximate surface area is 152 Å². The summed E-state index contributed by atoms with van der Waals surface area (Å²) in [5, 5.41) is 11.2. The van der Waals surface area contributed by atoms with Gasteiger partial charge in [-0.25, -0.2) is 4.68 Å². The fourth-order valence-electron chi connectivity index (χ4n) is 2.79. The van der Waals surface area contributed by atoms with Gasteiger partial charge >= 0.3 is 0 Å². The molecule has 0 radical (unpaired) electrons. The Morgan fingerprint density at radius 1 is 1.12 bits per heavy atom. The summed E-state index contributed by atoms with van der Waals surface area (Å²) in [7, 11) is 1.60. The van der Waals surface area contributed by atoms with Crippen LogP contribution in [0.5, 0.6) is 5.75 Å². The van der Waals surface area contributed by atoms with Crippen molar-refractivity contribution in [2.45, 2.75) is 26.3 Å².